The molecule has 1 aromatic heterocycles. The van der Waals surface area contributed by atoms with Crippen molar-refractivity contribution in [3.8, 4) is 11.3 Å². The van der Waals surface area contributed by atoms with E-state index in [2.05, 4.69) is 10.2 Å². The fraction of sp³-hybridized carbons (Fsp3) is 0.158. The van der Waals surface area contributed by atoms with Crippen LogP contribution in [0.2, 0.25) is 10.0 Å². The maximum atomic E-state index is 12.1. The zero-order valence-corrected chi connectivity index (χ0v) is 15.4. The number of rotatable bonds is 4. The van der Waals surface area contributed by atoms with Crippen molar-refractivity contribution < 1.29 is 0 Å². The molecule has 25 heavy (non-hydrogen) atoms. The zero-order valence-electron chi connectivity index (χ0n) is 13.9. The molecule has 4 nitrogen and oxygen atoms in total. The van der Waals surface area contributed by atoms with Gasteiger partial charge in [-0.2, -0.15) is 5.10 Å². The van der Waals surface area contributed by atoms with Crippen molar-refractivity contribution in [1.29, 1.82) is 0 Å². The van der Waals surface area contributed by atoms with Gasteiger partial charge in [-0.15, -0.1) is 0 Å². The normalized spacial score (nSPS) is 10.7. The van der Waals surface area contributed by atoms with Gasteiger partial charge in [0, 0.05) is 37.3 Å². The summed E-state index contributed by atoms with van der Waals surface area (Å²) in [6.07, 6.45) is 0.528. The first-order valence-corrected chi connectivity index (χ1v) is 8.50. The van der Waals surface area contributed by atoms with Crippen LogP contribution in [0.1, 0.15) is 11.1 Å². The number of hydrogen-bond acceptors (Lipinski definition) is 3. The lowest BCUT2D eigenvalue weighted by atomic mass is 10.0. The summed E-state index contributed by atoms with van der Waals surface area (Å²) < 4.78 is 0. The van der Waals surface area contributed by atoms with Gasteiger partial charge in [0.15, 0.2) is 0 Å². The third kappa shape index (κ3) is 4.03. The number of halogens is 2. The molecule has 0 saturated heterocycles. The van der Waals surface area contributed by atoms with E-state index in [1.165, 1.54) is 0 Å². The minimum absolute atomic E-state index is 0.194. The van der Waals surface area contributed by atoms with Gasteiger partial charge in [0.05, 0.1) is 15.7 Å². The third-order valence-corrected chi connectivity index (χ3v) is 4.68. The van der Waals surface area contributed by atoms with Crippen molar-refractivity contribution in [3.63, 3.8) is 0 Å². The number of nitrogens with zero attached hydrogens (tertiary/aromatic N) is 2. The minimum Gasteiger partial charge on any atom is -0.378 e. The number of benzene rings is 2. The molecule has 0 aliphatic heterocycles. The average molecular weight is 374 g/mol. The molecule has 0 radical (unpaired) electrons. The van der Waals surface area contributed by atoms with E-state index in [1.54, 1.807) is 18.2 Å². The number of aromatic amines is 1. The van der Waals surface area contributed by atoms with Gasteiger partial charge >= 0.3 is 0 Å². The summed E-state index contributed by atoms with van der Waals surface area (Å²) in [5, 5.41) is 7.61. The van der Waals surface area contributed by atoms with Gasteiger partial charge in [0.1, 0.15) is 0 Å². The van der Waals surface area contributed by atoms with Crippen LogP contribution in [0.5, 0.6) is 0 Å². The van der Waals surface area contributed by atoms with Gasteiger partial charge in [-0.25, -0.2) is 5.10 Å². The molecule has 3 aromatic rings. The van der Waals surface area contributed by atoms with Gasteiger partial charge in [-0.1, -0.05) is 41.4 Å². The Morgan fingerprint density at radius 1 is 1.00 bits per heavy atom. The second-order valence-corrected chi connectivity index (χ2v) is 6.79. The first-order chi connectivity index (χ1) is 11.9. The summed E-state index contributed by atoms with van der Waals surface area (Å²) in [5.41, 5.74) is 4.08. The van der Waals surface area contributed by atoms with Crippen LogP contribution < -0.4 is 10.5 Å². The summed E-state index contributed by atoms with van der Waals surface area (Å²) >= 11 is 12.0. The maximum absolute atomic E-state index is 12.1. The van der Waals surface area contributed by atoms with Gasteiger partial charge in [-0.3, -0.25) is 4.79 Å². The molecule has 0 amide bonds. The molecule has 6 heteroatoms. The third-order valence-electron chi connectivity index (χ3n) is 3.94. The van der Waals surface area contributed by atoms with Crippen molar-refractivity contribution in [1.82, 2.24) is 10.2 Å². The molecule has 0 bridgehead atoms. The molecule has 0 atom stereocenters. The fourth-order valence-corrected chi connectivity index (χ4v) is 2.81. The lowest BCUT2D eigenvalue weighted by Crippen LogP contribution is -2.15. The molecule has 0 aliphatic rings. The molecular formula is C19H17Cl2N3O. The van der Waals surface area contributed by atoms with Gasteiger partial charge in [0.2, 0.25) is 0 Å². The molecule has 1 heterocycles. The van der Waals surface area contributed by atoms with Crippen molar-refractivity contribution in [2.45, 2.75) is 6.42 Å². The van der Waals surface area contributed by atoms with E-state index in [-0.39, 0.29) is 5.56 Å². The summed E-state index contributed by atoms with van der Waals surface area (Å²) in [4.78, 5) is 14.2. The Morgan fingerprint density at radius 3 is 2.36 bits per heavy atom. The predicted octanol–water partition coefficient (Wildman–Crippen LogP) is 4.40. The summed E-state index contributed by atoms with van der Waals surface area (Å²) in [5.74, 6) is 0. The molecule has 3 rings (SSSR count). The number of hydrogen-bond donors (Lipinski definition) is 1. The van der Waals surface area contributed by atoms with E-state index in [9.17, 15) is 4.79 Å². The Bertz CT molecular complexity index is 950. The fourth-order valence-electron chi connectivity index (χ4n) is 2.51. The molecule has 2 aromatic carbocycles. The number of anilines is 1. The quantitative estimate of drug-likeness (QED) is 0.737. The van der Waals surface area contributed by atoms with Crippen molar-refractivity contribution in [2.24, 2.45) is 0 Å². The van der Waals surface area contributed by atoms with Crippen molar-refractivity contribution in [2.75, 3.05) is 19.0 Å². The Kier molecular flexibility index (Phi) is 5.11. The van der Waals surface area contributed by atoms with E-state index < -0.39 is 0 Å². The minimum atomic E-state index is -0.194. The lowest BCUT2D eigenvalue weighted by Gasteiger charge is -2.12. The van der Waals surface area contributed by atoms with E-state index in [1.807, 2.05) is 49.3 Å². The lowest BCUT2D eigenvalue weighted by molar-refractivity contribution is 0.955. The van der Waals surface area contributed by atoms with Crippen LogP contribution in [0.25, 0.3) is 11.3 Å². The number of aromatic nitrogens is 2. The Balaban J connectivity index is 1.91. The summed E-state index contributed by atoms with van der Waals surface area (Å²) in [7, 11) is 3.98. The molecule has 0 saturated carbocycles. The SMILES string of the molecule is CN(C)c1ccc(Cc2cc(-c3ccc(Cl)c(Cl)c3)n[nH]c2=O)cc1. The molecule has 0 unspecified atom stereocenters. The monoisotopic (exact) mass is 373 g/mol. The molecular weight excluding hydrogens is 357 g/mol. The van der Waals surface area contributed by atoms with E-state index in [0.29, 0.717) is 27.7 Å². The first-order valence-electron chi connectivity index (χ1n) is 7.74. The van der Waals surface area contributed by atoms with Crippen molar-refractivity contribution in [3.05, 3.63) is 80.1 Å². The van der Waals surface area contributed by atoms with E-state index in [4.69, 9.17) is 23.2 Å². The van der Waals surface area contributed by atoms with Crippen LogP contribution in [0.4, 0.5) is 5.69 Å². The van der Waals surface area contributed by atoms with Crippen LogP contribution >= 0.6 is 23.2 Å². The highest BCUT2D eigenvalue weighted by molar-refractivity contribution is 6.42. The molecule has 128 valence electrons. The standard InChI is InChI=1S/C19H17Cl2N3O/c1-24(2)15-6-3-12(4-7-15)9-14-11-18(22-23-19(14)25)13-5-8-16(20)17(21)10-13/h3-8,10-11H,9H2,1-2H3,(H,23,25). The highest BCUT2D eigenvalue weighted by Crippen LogP contribution is 2.27. The maximum Gasteiger partial charge on any atom is 0.267 e. The van der Waals surface area contributed by atoms with Crippen LogP contribution in [-0.4, -0.2) is 24.3 Å². The average Bonchev–Trinajstić information content (AvgIpc) is 2.60. The van der Waals surface area contributed by atoms with E-state index in [0.717, 1.165) is 16.8 Å². The van der Waals surface area contributed by atoms with Gasteiger partial charge in [0.25, 0.3) is 5.56 Å². The summed E-state index contributed by atoms with van der Waals surface area (Å²) in [6, 6.07) is 15.2. The van der Waals surface area contributed by atoms with Crippen molar-refractivity contribution >= 4 is 28.9 Å². The van der Waals surface area contributed by atoms with Crippen LogP contribution in [-0.2, 0) is 6.42 Å². The highest BCUT2D eigenvalue weighted by Gasteiger charge is 2.08. The zero-order chi connectivity index (χ0) is 18.0. The number of nitrogens with one attached hydrogen (secondary N) is 1. The Morgan fingerprint density at radius 2 is 1.72 bits per heavy atom. The first kappa shape index (κ1) is 17.5. The Hall–Kier alpha value is -2.30. The topological polar surface area (TPSA) is 49.0 Å². The van der Waals surface area contributed by atoms with Gasteiger partial charge < -0.3 is 4.90 Å². The van der Waals surface area contributed by atoms with Crippen LogP contribution in [0.15, 0.2) is 53.3 Å². The van der Waals surface area contributed by atoms with Crippen LogP contribution in [0.3, 0.4) is 0 Å². The highest BCUT2D eigenvalue weighted by atomic mass is 35.5. The molecule has 0 aliphatic carbocycles. The predicted molar refractivity (Wildman–Crippen MR) is 104 cm³/mol. The molecule has 0 spiro atoms. The molecule has 1 N–H and O–H groups in total. The molecule has 0 fully saturated rings. The largest absolute Gasteiger partial charge is 0.378 e. The number of H-pyrrole nitrogens is 1. The van der Waals surface area contributed by atoms with Gasteiger partial charge in [-0.05, 0) is 35.9 Å². The summed E-state index contributed by atoms with van der Waals surface area (Å²) in [6.45, 7) is 0. The van der Waals surface area contributed by atoms with E-state index >= 15 is 0 Å². The van der Waals surface area contributed by atoms with Crippen LogP contribution in [0, 0.1) is 0 Å². The second kappa shape index (κ2) is 7.30. The second-order valence-electron chi connectivity index (χ2n) is 5.97. The smallest absolute Gasteiger partial charge is 0.267 e. The Labute approximate surface area is 156 Å².